The molecule has 0 fully saturated rings. The van der Waals surface area contributed by atoms with Crippen LogP contribution in [0.2, 0.25) is 0 Å². The molecule has 2 aromatic heterocycles. The van der Waals surface area contributed by atoms with Crippen LogP contribution in [0.3, 0.4) is 0 Å². The van der Waals surface area contributed by atoms with Gasteiger partial charge in [-0.05, 0) is 25.1 Å². The van der Waals surface area contributed by atoms with Crippen LogP contribution < -0.4 is 0 Å². The van der Waals surface area contributed by atoms with Crippen LogP contribution in [0.15, 0.2) is 41.3 Å². The lowest BCUT2D eigenvalue weighted by Crippen LogP contribution is -1.86. The summed E-state index contributed by atoms with van der Waals surface area (Å²) in [5.74, 6) is 1.01. The lowest BCUT2D eigenvalue weighted by molar-refractivity contribution is 0.425. The van der Waals surface area contributed by atoms with Crippen LogP contribution in [-0.4, -0.2) is 25.2 Å². The van der Waals surface area contributed by atoms with E-state index < -0.39 is 0 Å². The third-order valence-electron chi connectivity index (χ3n) is 2.61. The lowest BCUT2D eigenvalue weighted by atomic mass is 10.1. The minimum Gasteiger partial charge on any atom is -0.507 e. The Bertz CT molecular complexity index is 710. The largest absolute Gasteiger partial charge is 0.507 e. The molecular weight excluding hydrogens is 244 g/mol. The van der Waals surface area contributed by atoms with Crippen LogP contribution in [-0.2, 0) is 0 Å². The monoisotopic (exact) mass is 254 g/mol. The molecule has 0 unspecified atom stereocenters. The van der Waals surface area contributed by atoms with Gasteiger partial charge in [0.05, 0.1) is 11.9 Å². The summed E-state index contributed by atoms with van der Waals surface area (Å²) in [7, 11) is 0. The number of hydrogen-bond acceptors (Lipinski definition) is 6. The number of aryl methyl sites for hydroxylation is 1. The summed E-state index contributed by atoms with van der Waals surface area (Å²) in [5, 5.41) is 13.8. The predicted molar refractivity (Wildman–Crippen MR) is 67.2 cm³/mol. The third-order valence-corrected chi connectivity index (χ3v) is 2.61. The summed E-state index contributed by atoms with van der Waals surface area (Å²) < 4.78 is 5.05. The van der Waals surface area contributed by atoms with Crippen LogP contribution in [0.25, 0.3) is 22.7 Å². The molecule has 6 nitrogen and oxygen atoms in total. The molecular formula is C13H10N4O2. The van der Waals surface area contributed by atoms with Gasteiger partial charge < -0.3 is 9.63 Å². The van der Waals surface area contributed by atoms with Crippen molar-refractivity contribution in [3.8, 4) is 28.5 Å². The second kappa shape index (κ2) is 4.49. The molecule has 19 heavy (non-hydrogen) atoms. The minimum atomic E-state index is 0.0915. The highest BCUT2D eigenvalue weighted by atomic mass is 16.5. The van der Waals surface area contributed by atoms with Gasteiger partial charge in [0, 0.05) is 23.5 Å². The van der Waals surface area contributed by atoms with Gasteiger partial charge in [0.15, 0.2) is 5.82 Å². The maximum atomic E-state index is 10.1. The van der Waals surface area contributed by atoms with E-state index in [0.717, 1.165) is 0 Å². The van der Waals surface area contributed by atoms with E-state index in [1.807, 2.05) is 0 Å². The van der Waals surface area contributed by atoms with E-state index in [1.54, 1.807) is 43.7 Å². The molecule has 0 saturated heterocycles. The molecule has 0 atom stereocenters. The normalized spacial score (nSPS) is 10.6. The van der Waals surface area contributed by atoms with E-state index in [4.69, 9.17) is 4.52 Å². The molecule has 3 rings (SSSR count). The zero-order chi connectivity index (χ0) is 13.2. The summed E-state index contributed by atoms with van der Waals surface area (Å²) in [6, 6.07) is 5.10. The number of aromatic nitrogens is 4. The van der Waals surface area contributed by atoms with Crippen molar-refractivity contribution in [2.45, 2.75) is 6.92 Å². The second-order valence-corrected chi connectivity index (χ2v) is 3.97. The van der Waals surface area contributed by atoms with Crippen molar-refractivity contribution in [3.63, 3.8) is 0 Å². The van der Waals surface area contributed by atoms with Crippen LogP contribution in [0.4, 0.5) is 0 Å². The van der Waals surface area contributed by atoms with E-state index >= 15 is 0 Å². The van der Waals surface area contributed by atoms with Gasteiger partial charge in [-0.3, -0.25) is 9.97 Å². The second-order valence-electron chi connectivity index (χ2n) is 3.97. The summed E-state index contributed by atoms with van der Waals surface area (Å²) in [6.45, 7) is 1.74. The number of phenolic OH excluding ortho intramolecular Hbond substituents is 1. The molecule has 0 bridgehead atoms. The fourth-order valence-electron chi connectivity index (χ4n) is 1.73. The molecule has 2 heterocycles. The van der Waals surface area contributed by atoms with Crippen LogP contribution >= 0.6 is 0 Å². The molecule has 3 aromatic rings. The summed E-state index contributed by atoms with van der Waals surface area (Å²) >= 11 is 0. The van der Waals surface area contributed by atoms with Gasteiger partial charge in [0.1, 0.15) is 5.75 Å². The zero-order valence-electron chi connectivity index (χ0n) is 10.1. The Hall–Kier alpha value is -2.76. The van der Waals surface area contributed by atoms with E-state index in [2.05, 4.69) is 20.1 Å². The fourth-order valence-corrected chi connectivity index (χ4v) is 1.73. The first kappa shape index (κ1) is 11.3. The molecule has 6 heteroatoms. The van der Waals surface area contributed by atoms with Crippen molar-refractivity contribution >= 4 is 0 Å². The first-order valence-electron chi connectivity index (χ1n) is 5.64. The van der Waals surface area contributed by atoms with E-state index in [1.165, 1.54) is 0 Å². The van der Waals surface area contributed by atoms with Crippen molar-refractivity contribution in [2.24, 2.45) is 0 Å². The molecule has 1 N–H and O–H groups in total. The molecule has 1 aromatic carbocycles. The average Bonchev–Trinajstić information content (AvgIpc) is 2.86. The van der Waals surface area contributed by atoms with Crippen molar-refractivity contribution in [1.29, 1.82) is 0 Å². The minimum absolute atomic E-state index is 0.0915. The average molecular weight is 254 g/mol. The highest BCUT2D eigenvalue weighted by Crippen LogP contribution is 2.31. The smallest absolute Gasteiger partial charge is 0.258 e. The fraction of sp³-hybridized carbons (Fsp3) is 0.0769. The lowest BCUT2D eigenvalue weighted by Gasteiger charge is -2.04. The van der Waals surface area contributed by atoms with Crippen molar-refractivity contribution in [1.82, 2.24) is 20.1 Å². The van der Waals surface area contributed by atoms with Gasteiger partial charge in [-0.25, -0.2) is 0 Å². The van der Waals surface area contributed by atoms with Crippen LogP contribution in [0.5, 0.6) is 5.75 Å². The summed E-state index contributed by atoms with van der Waals surface area (Å²) in [6.07, 6.45) is 4.74. The van der Waals surface area contributed by atoms with Crippen LogP contribution in [0, 0.1) is 6.92 Å². The van der Waals surface area contributed by atoms with Crippen LogP contribution in [0.1, 0.15) is 5.82 Å². The molecule has 0 aliphatic heterocycles. The molecule has 0 saturated carbocycles. The molecule has 0 spiro atoms. The Kier molecular flexibility index (Phi) is 2.68. The van der Waals surface area contributed by atoms with Crippen molar-refractivity contribution < 1.29 is 9.63 Å². The number of phenols is 1. The maximum Gasteiger partial charge on any atom is 0.258 e. The first-order chi connectivity index (χ1) is 9.24. The number of hydrogen-bond donors (Lipinski definition) is 1. The van der Waals surface area contributed by atoms with Gasteiger partial charge in [-0.2, -0.15) is 4.98 Å². The van der Waals surface area contributed by atoms with Gasteiger partial charge >= 0.3 is 0 Å². The third kappa shape index (κ3) is 2.15. The van der Waals surface area contributed by atoms with E-state index in [0.29, 0.717) is 28.5 Å². The van der Waals surface area contributed by atoms with Crippen molar-refractivity contribution in [3.05, 3.63) is 42.6 Å². The van der Waals surface area contributed by atoms with E-state index in [9.17, 15) is 5.11 Å². The molecule has 0 aliphatic carbocycles. The van der Waals surface area contributed by atoms with Gasteiger partial charge in [0.2, 0.25) is 0 Å². The standard InChI is InChI=1S/C13H10N4O2/c1-8-16-13(19-17-8)9-2-3-10(12(18)6-9)11-7-14-4-5-15-11/h2-7,18H,1H3. The zero-order valence-corrected chi connectivity index (χ0v) is 10.1. The quantitative estimate of drug-likeness (QED) is 0.754. The molecule has 0 aliphatic rings. The highest BCUT2D eigenvalue weighted by molar-refractivity contribution is 5.71. The highest BCUT2D eigenvalue weighted by Gasteiger charge is 2.11. The number of aromatic hydroxyl groups is 1. The Morgan fingerprint density at radius 3 is 2.74 bits per heavy atom. The van der Waals surface area contributed by atoms with Gasteiger partial charge in [-0.15, -0.1) is 0 Å². The molecule has 0 amide bonds. The SMILES string of the molecule is Cc1noc(-c2ccc(-c3cnccn3)c(O)c2)n1. The van der Waals surface area contributed by atoms with Gasteiger partial charge in [0.25, 0.3) is 5.89 Å². The Labute approximate surface area is 108 Å². The van der Waals surface area contributed by atoms with E-state index in [-0.39, 0.29) is 5.75 Å². The molecule has 94 valence electrons. The van der Waals surface area contributed by atoms with Gasteiger partial charge in [-0.1, -0.05) is 5.16 Å². The predicted octanol–water partition coefficient (Wildman–Crippen LogP) is 2.21. The topological polar surface area (TPSA) is 84.9 Å². The Balaban J connectivity index is 2.03. The maximum absolute atomic E-state index is 10.1. The number of nitrogens with zero attached hydrogens (tertiary/aromatic N) is 4. The summed E-state index contributed by atoms with van der Waals surface area (Å²) in [4.78, 5) is 12.2. The number of rotatable bonds is 2. The first-order valence-corrected chi connectivity index (χ1v) is 5.64. The molecule has 0 radical (unpaired) electrons. The van der Waals surface area contributed by atoms with Crippen molar-refractivity contribution in [2.75, 3.05) is 0 Å². The Morgan fingerprint density at radius 2 is 2.11 bits per heavy atom. The Morgan fingerprint density at radius 1 is 1.21 bits per heavy atom. The summed E-state index contributed by atoms with van der Waals surface area (Å²) in [5.41, 5.74) is 1.87. The number of benzene rings is 1.